The molecule has 0 aromatic carbocycles. The highest BCUT2D eigenvalue weighted by Gasteiger charge is 2.39. The quantitative estimate of drug-likeness (QED) is 0.764. The summed E-state index contributed by atoms with van der Waals surface area (Å²) in [6.07, 6.45) is 5.11. The summed E-state index contributed by atoms with van der Waals surface area (Å²) in [5.41, 5.74) is 5.45. The molecule has 0 bridgehead atoms. The number of nitrogens with zero attached hydrogens (tertiary/aromatic N) is 1. The summed E-state index contributed by atoms with van der Waals surface area (Å²) in [6.45, 7) is 7.57. The summed E-state index contributed by atoms with van der Waals surface area (Å²) < 4.78 is 0. The molecule has 0 aromatic rings. The number of rotatable bonds is 5. The number of amides is 2. The third-order valence-corrected chi connectivity index (χ3v) is 4.80. The van der Waals surface area contributed by atoms with Gasteiger partial charge in [0.15, 0.2) is 0 Å². The molecular weight excluding hydrogens is 258 g/mol. The van der Waals surface area contributed by atoms with Crippen LogP contribution in [-0.4, -0.2) is 34.5 Å². The first kappa shape index (κ1) is 16.2. The average Bonchev–Trinajstić information content (AvgIpc) is 2.40. The van der Waals surface area contributed by atoms with Gasteiger partial charge in [0.2, 0.25) is 0 Å². The first-order valence-electron chi connectivity index (χ1n) is 7.36. The van der Waals surface area contributed by atoms with Gasteiger partial charge in [-0.2, -0.15) is 0 Å². The number of urea groups is 1. The van der Waals surface area contributed by atoms with E-state index in [0.717, 1.165) is 31.6 Å². The minimum atomic E-state index is -0.472. The maximum atomic E-state index is 12.2. The molecule has 0 radical (unpaired) electrons. The zero-order chi connectivity index (χ0) is 14.5. The minimum Gasteiger partial charge on any atom is -0.391 e. The van der Waals surface area contributed by atoms with Gasteiger partial charge in [0.25, 0.3) is 0 Å². The van der Waals surface area contributed by atoms with E-state index in [1.165, 1.54) is 6.42 Å². The number of carbonyl (C=O) groups is 1. The predicted molar refractivity (Wildman–Crippen MR) is 83.2 cm³/mol. The summed E-state index contributed by atoms with van der Waals surface area (Å²) in [5, 5.41) is 3.10. The van der Waals surface area contributed by atoms with Crippen LogP contribution in [0.1, 0.15) is 52.9 Å². The second-order valence-corrected chi connectivity index (χ2v) is 5.84. The van der Waals surface area contributed by atoms with Crippen molar-refractivity contribution < 1.29 is 4.79 Å². The Morgan fingerprint density at radius 1 is 1.32 bits per heavy atom. The van der Waals surface area contributed by atoms with Gasteiger partial charge in [0.05, 0.1) is 10.5 Å². The predicted octanol–water partition coefficient (Wildman–Crippen LogP) is 2.66. The van der Waals surface area contributed by atoms with E-state index in [1.54, 1.807) is 4.90 Å². The number of hydrogen-bond donors (Lipinski definition) is 2. The van der Waals surface area contributed by atoms with Crippen molar-refractivity contribution >= 4 is 23.2 Å². The largest absolute Gasteiger partial charge is 0.391 e. The van der Waals surface area contributed by atoms with Gasteiger partial charge >= 0.3 is 6.03 Å². The molecule has 1 aliphatic rings. The SMILES string of the molecule is CCC1CCC(NC(=O)N(CC)CC)(C(N)=S)CC1. The van der Waals surface area contributed by atoms with Gasteiger partial charge in [-0.25, -0.2) is 4.79 Å². The van der Waals surface area contributed by atoms with E-state index in [4.69, 9.17) is 18.0 Å². The maximum absolute atomic E-state index is 12.2. The molecule has 19 heavy (non-hydrogen) atoms. The fraction of sp³-hybridized carbons (Fsp3) is 0.857. The van der Waals surface area contributed by atoms with E-state index >= 15 is 0 Å². The summed E-state index contributed by atoms with van der Waals surface area (Å²) in [7, 11) is 0. The van der Waals surface area contributed by atoms with Crippen molar-refractivity contribution in [2.75, 3.05) is 13.1 Å². The van der Waals surface area contributed by atoms with Crippen LogP contribution in [-0.2, 0) is 0 Å². The lowest BCUT2D eigenvalue weighted by Gasteiger charge is -2.41. The first-order chi connectivity index (χ1) is 8.99. The van der Waals surface area contributed by atoms with Crippen LogP contribution in [0, 0.1) is 5.92 Å². The highest BCUT2D eigenvalue weighted by molar-refractivity contribution is 7.80. The van der Waals surface area contributed by atoms with E-state index in [-0.39, 0.29) is 6.03 Å². The van der Waals surface area contributed by atoms with Crippen LogP contribution < -0.4 is 11.1 Å². The van der Waals surface area contributed by atoms with Crippen LogP contribution >= 0.6 is 12.2 Å². The standard InChI is InChI=1S/C14H27N3OS/c1-4-11-7-9-14(10-8-11,12(15)19)16-13(18)17(5-2)6-3/h11H,4-10H2,1-3H3,(H2,15,19)(H,16,18). The third kappa shape index (κ3) is 3.81. The lowest BCUT2D eigenvalue weighted by atomic mass is 9.75. The lowest BCUT2D eigenvalue weighted by Crippen LogP contribution is -2.60. The number of nitrogens with one attached hydrogen (secondary N) is 1. The molecule has 1 fully saturated rings. The van der Waals surface area contributed by atoms with Crippen molar-refractivity contribution in [1.29, 1.82) is 0 Å². The van der Waals surface area contributed by atoms with Crippen LogP contribution in [0.2, 0.25) is 0 Å². The number of thiocarbonyl (C=S) groups is 1. The summed E-state index contributed by atoms with van der Waals surface area (Å²) in [5.74, 6) is 0.743. The zero-order valence-electron chi connectivity index (χ0n) is 12.4. The molecule has 0 aromatic heterocycles. The maximum Gasteiger partial charge on any atom is 0.318 e. The van der Waals surface area contributed by atoms with Crippen LogP contribution in [0.25, 0.3) is 0 Å². The molecular formula is C14H27N3OS. The summed E-state index contributed by atoms with van der Waals surface area (Å²) >= 11 is 5.22. The molecule has 0 spiro atoms. The Kier molecular flexibility index (Phi) is 6.04. The highest BCUT2D eigenvalue weighted by atomic mass is 32.1. The molecule has 0 aliphatic heterocycles. The van der Waals surface area contributed by atoms with Gasteiger partial charge in [0, 0.05) is 13.1 Å². The van der Waals surface area contributed by atoms with E-state index in [2.05, 4.69) is 12.2 Å². The Morgan fingerprint density at radius 3 is 2.21 bits per heavy atom. The van der Waals surface area contributed by atoms with Crippen LogP contribution in [0.4, 0.5) is 4.79 Å². The van der Waals surface area contributed by atoms with E-state index in [0.29, 0.717) is 18.1 Å². The molecule has 5 heteroatoms. The molecule has 0 saturated heterocycles. The zero-order valence-corrected chi connectivity index (χ0v) is 13.2. The van der Waals surface area contributed by atoms with E-state index < -0.39 is 5.54 Å². The monoisotopic (exact) mass is 285 g/mol. The fourth-order valence-corrected chi connectivity index (χ4v) is 3.06. The van der Waals surface area contributed by atoms with Crippen LogP contribution in [0.5, 0.6) is 0 Å². The lowest BCUT2D eigenvalue weighted by molar-refractivity contribution is 0.181. The number of carbonyl (C=O) groups excluding carboxylic acids is 1. The van der Waals surface area contributed by atoms with Gasteiger partial charge in [-0.15, -0.1) is 0 Å². The molecule has 2 amide bonds. The van der Waals surface area contributed by atoms with Gasteiger partial charge in [0.1, 0.15) is 0 Å². The molecule has 1 rings (SSSR count). The van der Waals surface area contributed by atoms with Crippen molar-refractivity contribution in [3.05, 3.63) is 0 Å². The topological polar surface area (TPSA) is 58.4 Å². The Morgan fingerprint density at radius 2 is 1.84 bits per heavy atom. The van der Waals surface area contributed by atoms with Gasteiger partial charge in [-0.3, -0.25) is 0 Å². The van der Waals surface area contributed by atoms with Crippen molar-refractivity contribution in [2.24, 2.45) is 11.7 Å². The fourth-order valence-electron chi connectivity index (χ4n) is 2.81. The third-order valence-electron chi connectivity index (χ3n) is 4.40. The van der Waals surface area contributed by atoms with Crippen molar-refractivity contribution in [3.8, 4) is 0 Å². The van der Waals surface area contributed by atoms with E-state index in [9.17, 15) is 4.79 Å². The average molecular weight is 285 g/mol. The second-order valence-electron chi connectivity index (χ2n) is 5.40. The summed E-state index contributed by atoms with van der Waals surface area (Å²) in [6, 6.07) is -0.0484. The number of hydrogen-bond acceptors (Lipinski definition) is 2. The second kappa shape index (κ2) is 7.08. The highest BCUT2D eigenvalue weighted by Crippen LogP contribution is 2.34. The molecule has 3 N–H and O–H groups in total. The van der Waals surface area contributed by atoms with Crippen molar-refractivity contribution in [1.82, 2.24) is 10.2 Å². The first-order valence-corrected chi connectivity index (χ1v) is 7.76. The minimum absolute atomic E-state index is 0.0484. The smallest absolute Gasteiger partial charge is 0.318 e. The van der Waals surface area contributed by atoms with E-state index in [1.807, 2.05) is 13.8 Å². The Hall–Kier alpha value is -0.840. The van der Waals surface area contributed by atoms with Gasteiger partial charge < -0.3 is 16.0 Å². The normalized spacial score (nSPS) is 26.8. The molecule has 0 heterocycles. The molecule has 0 atom stereocenters. The molecule has 0 unspecified atom stereocenters. The molecule has 4 nitrogen and oxygen atoms in total. The van der Waals surface area contributed by atoms with Crippen LogP contribution in [0.15, 0.2) is 0 Å². The van der Waals surface area contributed by atoms with Crippen molar-refractivity contribution in [2.45, 2.75) is 58.4 Å². The molecule has 1 aliphatic carbocycles. The Bertz CT molecular complexity index is 321. The van der Waals surface area contributed by atoms with Crippen LogP contribution in [0.3, 0.4) is 0 Å². The number of nitrogens with two attached hydrogens (primary N) is 1. The van der Waals surface area contributed by atoms with Crippen molar-refractivity contribution in [3.63, 3.8) is 0 Å². The Labute approximate surface area is 122 Å². The molecule has 1 saturated carbocycles. The molecule has 110 valence electrons. The Balaban J connectivity index is 2.74. The van der Waals surface area contributed by atoms with Gasteiger partial charge in [-0.05, 0) is 45.4 Å². The van der Waals surface area contributed by atoms with Gasteiger partial charge in [-0.1, -0.05) is 25.6 Å². The summed E-state index contributed by atoms with van der Waals surface area (Å²) in [4.78, 5) is 14.4.